The first-order valence-electron chi connectivity index (χ1n) is 12.5. The first-order valence-corrected chi connectivity index (χ1v) is 14.3. The number of amides is 2. The lowest BCUT2D eigenvalue weighted by Gasteiger charge is -2.32. The number of hydrogen-bond acceptors (Lipinski definition) is 4. The molecule has 0 heterocycles. The standard InChI is InChI=1S/C29H34ClN3O4S/c1-5-16-31-29(35)23(4)32(19-24-9-6-8-22(3)17-24)28(34)20-33(26-11-7-10-25(30)18-26)38(36,37)27-14-12-21(2)13-15-27/h6-15,17-18,23H,5,16,19-20H2,1-4H3,(H,31,35). The highest BCUT2D eigenvalue weighted by molar-refractivity contribution is 7.92. The van der Waals surface area contributed by atoms with Crippen LogP contribution in [0.1, 0.15) is 37.0 Å². The summed E-state index contributed by atoms with van der Waals surface area (Å²) in [6, 6.07) is 19.6. The van der Waals surface area contributed by atoms with Crippen LogP contribution in [0, 0.1) is 13.8 Å². The summed E-state index contributed by atoms with van der Waals surface area (Å²) in [4.78, 5) is 28.2. The molecule has 1 N–H and O–H groups in total. The van der Waals surface area contributed by atoms with E-state index in [0.717, 1.165) is 27.4 Å². The van der Waals surface area contributed by atoms with Gasteiger partial charge in [-0.2, -0.15) is 0 Å². The zero-order valence-electron chi connectivity index (χ0n) is 22.1. The summed E-state index contributed by atoms with van der Waals surface area (Å²) in [6.07, 6.45) is 0.752. The van der Waals surface area contributed by atoms with Gasteiger partial charge in [0.25, 0.3) is 10.0 Å². The van der Waals surface area contributed by atoms with Crippen molar-refractivity contribution in [1.82, 2.24) is 10.2 Å². The van der Waals surface area contributed by atoms with Gasteiger partial charge < -0.3 is 10.2 Å². The molecule has 0 aliphatic carbocycles. The second-order valence-corrected chi connectivity index (χ2v) is 11.6. The quantitative estimate of drug-likeness (QED) is 0.357. The highest BCUT2D eigenvalue weighted by Crippen LogP contribution is 2.27. The van der Waals surface area contributed by atoms with Gasteiger partial charge in [-0.05, 0) is 63.1 Å². The van der Waals surface area contributed by atoms with Gasteiger partial charge in [-0.15, -0.1) is 0 Å². The molecule has 3 aromatic carbocycles. The van der Waals surface area contributed by atoms with Crippen LogP contribution in [0.4, 0.5) is 5.69 Å². The number of anilines is 1. The second-order valence-electron chi connectivity index (χ2n) is 9.28. The fourth-order valence-electron chi connectivity index (χ4n) is 3.98. The third kappa shape index (κ3) is 7.36. The molecule has 3 aromatic rings. The largest absolute Gasteiger partial charge is 0.354 e. The van der Waals surface area contributed by atoms with Crippen LogP contribution in [0.2, 0.25) is 5.02 Å². The van der Waals surface area contributed by atoms with Gasteiger partial charge in [-0.1, -0.05) is 72.1 Å². The van der Waals surface area contributed by atoms with E-state index in [0.29, 0.717) is 11.6 Å². The van der Waals surface area contributed by atoms with Gasteiger partial charge in [-0.25, -0.2) is 8.42 Å². The Bertz CT molecular complexity index is 1380. The van der Waals surface area contributed by atoms with Gasteiger partial charge in [0, 0.05) is 18.1 Å². The fourth-order valence-corrected chi connectivity index (χ4v) is 5.57. The van der Waals surface area contributed by atoms with Gasteiger partial charge in [0.05, 0.1) is 10.6 Å². The smallest absolute Gasteiger partial charge is 0.264 e. The van der Waals surface area contributed by atoms with Gasteiger partial charge in [-0.3, -0.25) is 13.9 Å². The molecule has 0 radical (unpaired) electrons. The number of halogens is 1. The molecule has 0 fully saturated rings. The zero-order valence-corrected chi connectivity index (χ0v) is 23.7. The van der Waals surface area contributed by atoms with E-state index in [1.54, 1.807) is 37.3 Å². The minimum atomic E-state index is -4.13. The van der Waals surface area contributed by atoms with Crippen molar-refractivity contribution in [2.45, 2.75) is 51.6 Å². The van der Waals surface area contributed by atoms with Gasteiger partial charge >= 0.3 is 0 Å². The fraction of sp³-hybridized carbons (Fsp3) is 0.310. The number of carbonyl (C=O) groups excluding carboxylic acids is 2. The van der Waals surface area contributed by atoms with E-state index in [1.165, 1.54) is 23.1 Å². The Hall–Kier alpha value is -3.36. The predicted octanol–water partition coefficient (Wildman–Crippen LogP) is 5.10. The third-order valence-electron chi connectivity index (χ3n) is 6.14. The summed E-state index contributed by atoms with van der Waals surface area (Å²) in [5, 5.41) is 3.17. The number of hydrogen-bond donors (Lipinski definition) is 1. The van der Waals surface area contributed by atoms with Crippen LogP contribution in [0.25, 0.3) is 0 Å². The molecule has 0 saturated carbocycles. The molecular formula is C29H34ClN3O4S. The molecule has 0 aromatic heterocycles. The molecule has 1 unspecified atom stereocenters. The molecule has 3 rings (SSSR count). The third-order valence-corrected chi connectivity index (χ3v) is 8.16. The number of benzene rings is 3. The van der Waals surface area contributed by atoms with Crippen LogP contribution < -0.4 is 9.62 Å². The highest BCUT2D eigenvalue weighted by atomic mass is 35.5. The number of nitrogens with zero attached hydrogens (tertiary/aromatic N) is 2. The Kier molecular flexibility index (Phi) is 9.94. The molecular weight excluding hydrogens is 522 g/mol. The molecule has 0 spiro atoms. The lowest BCUT2D eigenvalue weighted by atomic mass is 10.1. The predicted molar refractivity (Wildman–Crippen MR) is 152 cm³/mol. The maximum atomic E-state index is 13.9. The van der Waals surface area contributed by atoms with Gasteiger partial charge in [0.1, 0.15) is 12.6 Å². The minimum Gasteiger partial charge on any atom is -0.354 e. The number of aryl methyl sites for hydroxylation is 2. The Morgan fingerprint density at radius 3 is 2.26 bits per heavy atom. The normalized spacial score (nSPS) is 12.0. The second kappa shape index (κ2) is 12.9. The van der Waals surface area contributed by atoms with E-state index in [2.05, 4.69) is 5.32 Å². The van der Waals surface area contributed by atoms with Crippen LogP contribution in [0.3, 0.4) is 0 Å². The molecule has 202 valence electrons. The summed E-state index contributed by atoms with van der Waals surface area (Å²) < 4.78 is 28.6. The van der Waals surface area contributed by atoms with Gasteiger partial charge in [0.15, 0.2) is 0 Å². The molecule has 7 nitrogen and oxygen atoms in total. The summed E-state index contributed by atoms with van der Waals surface area (Å²) >= 11 is 6.20. The number of carbonyl (C=O) groups is 2. The van der Waals surface area contributed by atoms with Crippen molar-refractivity contribution in [2.24, 2.45) is 0 Å². The van der Waals surface area contributed by atoms with Crippen LogP contribution >= 0.6 is 11.6 Å². The van der Waals surface area contributed by atoms with Crippen molar-refractivity contribution in [3.8, 4) is 0 Å². The van der Waals surface area contributed by atoms with E-state index < -0.39 is 28.5 Å². The lowest BCUT2D eigenvalue weighted by Crippen LogP contribution is -2.51. The van der Waals surface area contributed by atoms with E-state index >= 15 is 0 Å². The van der Waals surface area contributed by atoms with Gasteiger partial charge in [0.2, 0.25) is 11.8 Å². The first-order chi connectivity index (χ1) is 18.0. The molecule has 0 aliphatic rings. The van der Waals surface area contributed by atoms with Crippen LogP contribution in [-0.4, -0.2) is 44.3 Å². The van der Waals surface area contributed by atoms with Crippen LogP contribution in [-0.2, 0) is 26.2 Å². The SMILES string of the molecule is CCCNC(=O)C(C)N(Cc1cccc(C)c1)C(=O)CN(c1cccc(Cl)c1)S(=O)(=O)c1ccc(C)cc1. The monoisotopic (exact) mass is 555 g/mol. The molecule has 1 atom stereocenters. The molecule has 0 bridgehead atoms. The molecule has 0 saturated heterocycles. The maximum absolute atomic E-state index is 13.9. The molecule has 9 heteroatoms. The Morgan fingerprint density at radius 2 is 1.63 bits per heavy atom. The molecule has 2 amide bonds. The summed E-state index contributed by atoms with van der Waals surface area (Å²) in [6.45, 7) is 7.52. The molecule has 0 aliphatic heterocycles. The number of rotatable bonds is 11. The summed E-state index contributed by atoms with van der Waals surface area (Å²) in [5.41, 5.74) is 3.01. The Labute approximate surface area is 230 Å². The van der Waals surface area contributed by atoms with Crippen molar-refractivity contribution >= 4 is 39.1 Å². The summed E-state index contributed by atoms with van der Waals surface area (Å²) in [7, 11) is -4.13. The average molecular weight is 556 g/mol. The molecule has 38 heavy (non-hydrogen) atoms. The minimum absolute atomic E-state index is 0.0508. The highest BCUT2D eigenvalue weighted by Gasteiger charge is 2.32. The van der Waals surface area contributed by atoms with E-state index in [1.807, 2.05) is 45.0 Å². The van der Waals surface area contributed by atoms with E-state index in [-0.39, 0.29) is 23.0 Å². The van der Waals surface area contributed by atoms with Crippen molar-refractivity contribution in [3.63, 3.8) is 0 Å². The average Bonchev–Trinajstić information content (AvgIpc) is 2.88. The van der Waals surface area contributed by atoms with Crippen molar-refractivity contribution < 1.29 is 18.0 Å². The van der Waals surface area contributed by atoms with Crippen LogP contribution in [0.15, 0.2) is 77.7 Å². The number of nitrogens with one attached hydrogen (secondary N) is 1. The summed E-state index contributed by atoms with van der Waals surface area (Å²) in [5.74, 6) is -0.815. The topological polar surface area (TPSA) is 86.8 Å². The Morgan fingerprint density at radius 1 is 0.947 bits per heavy atom. The van der Waals surface area contributed by atoms with Crippen molar-refractivity contribution in [2.75, 3.05) is 17.4 Å². The Balaban J connectivity index is 2.02. The van der Waals surface area contributed by atoms with E-state index in [4.69, 9.17) is 11.6 Å². The zero-order chi connectivity index (χ0) is 27.9. The first kappa shape index (κ1) is 29.2. The van der Waals surface area contributed by atoms with Crippen molar-refractivity contribution in [1.29, 1.82) is 0 Å². The maximum Gasteiger partial charge on any atom is 0.264 e. The van der Waals surface area contributed by atoms with Crippen molar-refractivity contribution in [3.05, 3.63) is 94.5 Å². The number of sulfonamides is 1. The van der Waals surface area contributed by atoms with Crippen LogP contribution in [0.5, 0.6) is 0 Å². The lowest BCUT2D eigenvalue weighted by molar-refractivity contribution is -0.139. The van der Waals surface area contributed by atoms with E-state index in [9.17, 15) is 18.0 Å².